The van der Waals surface area contributed by atoms with Crippen molar-refractivity contribution in [2.75, 3.05) is 6.54 Å². The summed E-state index contributed by atoms with van der Waals surface area (Å²) in [5.74, 6) is 1.48. The Balaban J connectivity index is 1.92. The standard InChI is InChI=1S/C18H19N3/c1-12-6-5-9-16-17(12)21(2)18(20-16)15-11-19-10-13-7-3-4-8-14(13)15/h3-9,15,19H,10-11H2,1-2H3. The number of nitrogens with zero attached hydrogens (tertiary/aromatic N) is 2. The highest BCUT2D eigenvalue weighted by Crippen LogP contribution is 2.31. The Morgan fingerprint density at radius 1 is 1.14 bits per heavy atom. The van der Waals surface area contributed by atoms with Gasteiger partial charge in [0.25, 0.3) is 0 Å². The fourth-order valence-electron chi connectivity index (χ4n) is 3.52. The molecular formula is C18H19N3. The van der Waals surface area contributed by atoms with Crippen LogP contribution in [0.25, 0.3) is 11.0 Å². The highest BCUT2D eigenvalue weighted by atomic mass is 15.1. The molecule has 3 heteroatoms. The van der Waals surface area contributed by atoms with Gasteiger partial charge in [0.05, 0.1) is 17.0 Å². The van der Waals surface area contributed by atoms with Gasteiger partial charge in [0.2, 0.25) is 0 Å². The number of imidazole rings is 1. The van der Waals surface area contributed by atoms with Crippen molar-refractivity contribution in [1.82, 2.24) is 14.9 Å². The molecule has 1 aromatic heterocycles. The molecule has 0 saturated carbocycles. The molecule has 1 aliphatic rings. The minimum Gasteiger partial charge on any atom is -0.330 e. The Morgan fingerprint density at radius 3 is 2.86 bits per heavy atom. The van der Waals surface area contributed by atoms with Gasteiger partial charge in [-0.15, -0.1) is 0 Å². The predicted octanol–water partition coefficient (Wildman–Crippen LogP) is 3.12. The largest absolute Gasteiger partial charge is 0.330 e. The van der Waals surface area contributed by atoms with Crippen molar-refractivity contribution in [3.8, 4) is 0 Å². The van der Waals surface area contributed by atoms with Crippen LogP contribution in [0.2, 0.25) is 0 Å². The number of aromatic nitrogens is 2. The number of rotatable bonds is 1. The summed E-state index contributed by atoms with van der Waals surface area (Å²) in [4.78, 5) is 4.92. The summed E-state index contributed by atoms with van der Waals surface area (Å²) in [5.41, 5.74) is 6.42. The summed E-state index contributed by atoms with van der Waals surface area (Å²) < 4.78 is 2.26. The number of hydrogen-bond donors (Lipinski definition) is 1. The number of hydrogen-bond acceptors (Lipinski definition) is 2. The van der Waals surface area contributed by atoms with E-state index >= 15 is 0 Å². The van der Waals surface area contributed by atoms with E-state index in [2.05, 4.69) is 66.3 Å². The number of aryl methyl sites for hydroxylation is 2. The third-order valence-corrected chi connectivity index (χ3v) is 4.54. The van der Waals surface area contributed by atoms with E-state index in [-0.39, 0.29) is 0 Å². The molecule has 0 fully saturated rings. The fourth-order valence-corrected chi connectivity index (χ4v) is 3.52. The quantitative estimate of drug-likeness (QED) is 0.740. The van der Waals surface area contributed by atoms with E-state index in [9.17, 15) is 0 Å². The van der Waals surface area contributed by atoms with E-state index in [0.717, 1.165) is 24.4 Å². The van der Waals surface area contributed by atoms with Gasteiger partial charge >= 0.3 is 0 Å². The van der Waals surface area contributed by atoms with Crippen LogP contribution >= 0.6 is 0 Å². The second kappa shape index (κ2) is 4.71. The van der Waals surface area contributed by atoms with Crippen molar-refractivity contribution in [3.63, 3.8) is 0 Å². The van der Waals surface area contributed by atoms with Gasteiger partial charge in [-0.2, -0.15) is 0 Å². The van der Waals surface area contributed by atoms with Gasteiger partial charge in [-0.05, 0) is 29.7 Å². The zero-order valence-electron chi connectivity index (χ0n) is 12.4. The minimum atomic E-state index is 0.326. The van der Waals surface area contributed by atoms with E-state index in [1.165, 1.54) is 22.2 Å². The summed E-state index contributed by atoms with van der Waals surface area (Å²) in [6, 6.07) is 15.0. The summed E-state index contributed by atoms with van der Waals surface area (Å²) in [7, 11) is 2.13. The maximum Gasteiger partial charge on any atom is 0.118 e. The molecule has 2 aromatic carbocycles. The highest BCUT2D eigenvalue weighted by molar-refractivity contribution is 5.79. The third kappa shape index (κ3) is 1.88. The monoisotopic (exact) mass is 277 g/mol. The van der Waals surface area contributed by atoms with E-state index < -0.39 is 0 Å². The maximum atomic E-state index is 4.92. The first-order chi connectivity index (χ1) is 10.3. The maximum absolute atomic E-state index is 4.92. The van der Waals surface area contributed by atoms with Crippen molar-refractivity contribution < 1.29 is 0 Å². The molecule has 1 atom stereocenters. The lowest BCUT2D eigenvalue weighted by atomic mass is 9.90. The highest BCUT2D eigenvalue weighted by Gasteiger charge is 2.25. The average Bonchev–Trinajstić information content (AvgIpc) is 2.85. The van der Waals surface area contributed by atoms with Crippen molar-refractivity contribution >= 4 is 11.0 Å². The van der Waals surface area contributed by atoms with Gasteiger partial charge in [-0.3, -0.25) is 0 Å². The summed E-state index contributed by atoms with van der Waals surface area (Å²) in [6.07, 6.45) is 0. The molecule has 0 radical (unpaired) electrons. The molecule has 1 unspecified atom stereocenters. The van der Waals surface area contributed by atoms with Gasteiger partial charge in [0, 0.05) is 20.1 Å². The fraction of sp³-hybridized carbons (Fsp3) is 0.278. The van der Waals surface area contributed by atoms with E-state index in [4.69, 9.17) is 4.98 Å². The van der Waals surface area contributed by atoms with Crippen LogP contribution in [0.3, 0.4) is 0 Å². The van der Waals surface area contributed by atoms with E-state index in [1.807, 2.05) is 0 Å². The van der Waals surface area contributed by atoms with Gasteiger partial charge in [-0.1, -0.05) is 36.4 Å². The summed E-state index contributed by atoms with van der Waals surface area (Å²) in [5, 5.41) is 3.52. The first-order valence-corrected chi connectivity index (χ1v) is 7.46. The zero-order valence-corrected chi connectivity index (χ0v) is 12.4. The van der Waals surface area contributed by atoms with Crippen LogP contribution in [0.4, 0.5) is 0 Å². The van der Waals surface area contributed by atoms with Gasteiger partial charge in [0.1, 0.15) is 5.82 Å². The Bertz CT molecular complexity index is 816. The Kier molecular flexibility index (Phi) is 2.82. The van der Waals surface area contributed by atoms with Gasteiger partial charge in [0.15, 0.2) is 0 Å². The summed E-state index contributed by atoms with van der Waals surface area (Å²) in [6.45, 7) is 4.06. The number of para-hydroxylation sites is 1. The normalized spacial score (nSPS) is 17.9. The molecule has 1 N–H and O–H groups in total. The van der Waals surface area contributed by atoms with Crippen LogP contribution in [0, 0.1) is 6.92 Å². The molecule has 0 saturated heterocycles. The van der Waals surface area contributed by atoms with Crippen molar-refractivity contribution in [2.45, 2.75) is 19.4 Å². The Labute approximate surface area is 124 Å². The molecule has 4 rings (SSSR count). The molecule has 1 aliphatic heterocycles. The number of fused-ring (bicyclic) bond motifs is 2. The number of benzene rings is 2. The molecular weight excluding hydrogens is 258 g/mol. The van der Waals surface area contributed by atoms with E-state index in [1.54, 1.807) is 0 Å². The second-order valence-electron chi connectivity index (χ2n) is 5.85. The first-order valence-electron chi connectivity index (χ1n) is 7.46. The Morgan fingerprint density at radius 2 is 2.00 bits per heavy atom. The second-order valence-corrected chi connectivity index (χ2v) is 5.85. The molecule has 21 heavy (non-hydrogen) atoms. The molecule has 0 aliphatic carbocycles. The molecule has 0 spiro atoms. The smallest absolute Gasteiger partial charge is 0.118 e. The van der Waals surface area contributed by atoms with E-state index in [0.29, 0.717) is 5.92 Å². The van der Waals surface area contributed by atoms with Gasteiger partial charge in [-0.25, -0.2) is 4.98 Å². The average molecular weight is 277 g/mol. The minimum absolute atomic E-state index is 0.326. The topological polar surface area (TPSA) is 29.9 Å². The molecule has 2 heterocycles. The van der Waals surface area contributed by atoms with Crippen LogP contribution in [-0.2, 0) is 13.6 Å². The van der Waals surface area contributed by atoms with Crippen LogP contribution in [0.5, 0.6) is 0 Å². The van der Waals surface area contributed by atoms with Crippen LogP contribution in [0.15, 0.2) is 42.5 Å². The lowest BCUT2D eigenvalue weighted by Gasteiger charge is -2.26. The SMILES string of the molecule is Cc1cccc2nc(C3CNCc4ccccc43)n(C)c12. The van der Waals surface area contributed by atoms with Crippen molar-refractivity contribution in [3.05, 3.63) is 65.0 Å². The van der Waals surface area contributed by atoms with Crippen LogP contribution in [-0.4, -0.2) is 16.1 Å². The predicted molar refractivity (Wildman–Crippen MR) is 85.4 cm³/mol. The zero-order chi connectivity index (χ0) is 14.4. The molecule has 3 aromatic rings. The summed E-state index contributed by atoms with van der Waals surface area (Å²) >= 11 is 0. The molecule has 0 bridgehead atoms. The third-order valence-electron chi connectivity index (χ3n) is 4.54. The van der Waals surface area contributed by atoms with Gasteiger partial charge < -0.3 is 9.88 Å². The Hall–Kier alpha value is -2.13. The molecule has 0 amide bonds. The lowest BCUT2D eigenvalue weighted by Crippen LogP contribution is -2.30. The molecule has 3 nitrogen and oxygen atoms in total. The molecule has 106 valence electrons. The van der Waals surface area contributed by atoms with Crippen molar-refractivity contribution in [2.24, 2.45) is 7.05 Å². The number of nitrogens with one attached hydrogen (secondary N) is 1. The van der Waals surface area contributed by atoms with Crippen molar-refractivity contribution in [1.29, 1.82) is 0 Å². The first kappa shape index (κ1) is 12.6. The lowest BCUT2D eigenvalue weighted by molar-refractivity contribution is 0.562. The van der Waals surface area contributed by atoms with Crippen LogP contribution in [0.1, 0.15) is 28.4 Å². The van der Waals surface area contributed by atoms with Crippen LogP contribution < -0.4 is 5.32 Å².